The van der Waals surface area contributed by atoms with Gasteiger partial charge in [-0.1, -0.05) is 12.1 Å². The van der Waals surface area contributed by atoms with Crippen LogP contribution in [0.5, 0.6) is 0 Å². The highest BCUT2D eigenvalue weighted by Crippen LogP contribution is 2.51. The Bertz CT molecular complexity index is 1330. The number of carbonyl (C=O) groups excluding carboxylic acids is 2. The van der Waals surface area contributed by atoms with Crippen molar-refractivity contribution >= 4 is 17.9 Å². The number of alkyl carbamates (subject to hydrolysis) is 1. The summed E-state index contributed by atoms with van der Waals surface area (Å²) in [7, 11) is 0. The number of aromatic nitrogens is 4. The molecule has 3 heterocycles. The molecule has 0 bridgehead atoms. The molecule has 2 N–H and O–H groups in total. The summed E-state index contributed by atoms with van der Waals surface area (Å²) in [6, 6.07) is 9.00. The summed E-state index contributed by atoms with van der Waals surface area (Å²) in [5, 5.41) is 5.49. The SMILES string of the molecule is CC(C)(C)OC(=O)NCC1C2CN(CCc3ccc(-n4ccc(NC(=O)n5ccnc5)nc4=O)cc3)CC12. The highest BCUT2D eigenvalue weighted by atomic mass is 16.6. The Morgan fingerprint density at radius 3 is 2.45 bits per heavy atom. The van der Waals surface area contributed by atoms with Crippen molar-refractivity contribution in [1.29, 1.82) is 0 Å². The maximum Gasteiger partial charge on any atom is 0.407 e. The van der Waals surface area contributed by atoms with E-state index in [9.17, 15) is 14.4 Å². The van der Waals surface area contributed by atoms with Crippen molar-refractivity contribution in [1.82, 2.24) is 29.3 Å². The number of benzene rings is 1. The highest BCUT2D eigenvalue weighted by molar-refractivity contribution is 5.89. The van der Waals surface area contributed by atoms with Gasteiger partial charge in [-0.15, -0.1) is 0 Å². The van der Waals surface area contributed by atoms with Gasteiger partial charge in [-0.25, -0.2) is 19.4 Å². The van der Waals surface area contributed by atoms with Crippen molar-refractivity contribution in [2.45, 2.75) is 32.8 Å². The Morgan fingerprint density at radius 2 is 1.82 bits per heavy atom. The molecule has 3 aromatic rings. The van der Waals surface area contributed by atoms with Crippen LogP contribution in [0.25, 0.3) is 5.69 Å². The molecule has 0 radical (unpaired) electrons. The smallest absolute Gasteiger partial charge is 0.407 e. The maximum absolute atomic E-state index is 12.5. The molecule has 11 nitrogen and oxygen atoms in total. The summed E-state index contributed by atoms with van der Waals surface area (Å²) in [5.41, 5.74) is 0.952. The molecule has 2 aliphatic rings. The molecule has 2 amide bonds. The van der Waals surface area contributed by atoms with E-state index in [-0.39, 0.29) is 11.9 Å². The Balaban J connectivity index is 1.07. The molecule has 1 aliphatic heterocycles. The minimum absolute atomic E-state index is 0.174. The van der Waals surface area contributed by atoms with Crippen molar-refractivity contribution in [2.75, 3.05) is 31.5 Å². The average Bonchev–Trinajstić information content (AvgIpc) is 3.25. The fourth-order valence-electron chi connectivity index (χ4n) is 5.07. The van der Waals surface area contributed by atoms with Gasteiger partial charge in [-0.2, -0.15) is 4.98 Å². The van der Waals surface area contributed by atoms with E-state index in [1.165, 1.54) is 33.4 Å². The lowest BCUT2D eigenvalue weighted by Crippen LogP contribution is -2.35. The van der Waals surface area contributed by atoms with Crippen LogP contribution in [0.1, 0.15) is 26.3 Å². The van der Waals surface area contributed by atoms with Crippen molar-refractivity contribution in [3.63, 3.8) is 0 Å². The van der Waals surface area contributed by atoms with E-state index < -0.39 is 17.3 Å². The molecular formula is C27H33N7O4. The zero-order valence-corrected chi connectivity index (χ0v) is 21.8. The molecule has 2 fully saturated rings. The molecule has 2 atom stereocenters. The second kappa shape index (κ2) is 10.4. The molecule has 200 valence electrons. The van der Waals surface area contributed by atoms with Crippen LogP contribution < -0.4 is 16.3 Å². The van der Waals surface area contributed by atoms with Gasteiger partial charge in [0, 0.05) is 44.8 Å². The first-order chi connectivity index (χ1) is 18.2. The number of fused-ring (bicyclic) bond motifs is 1. The number of anilines is 1. The number of nitrogens with zero attached hydrogens (tertiary/aromatic N) is 5. The van der Waals surface area contributed by atoms with E-state index in [1.807, 2.05) is 45.0 Å². The van der Waals surface area contributed by atoms with Crippen LogP contribution in [0.4, 0.5) is 15.4 Å². The molecule has 1 saturated carbocycles. The molecule has 5 rings (SSSR count). The highest BCUT2D eigenvalue weighted by Gasteiger charge is 2.55. The van der Waals surface area contributed by atoms with E-state index in [1.54, 1.807) is 12.3 Å². The Labute approximate surface area is 220 Å². The number of hydrogen-bond donors (Lipinski definition) is 2. The number of piperidine rings is 1. The van der Waals surface area contributed by atoms with Crippen LogP contribution in [0.2, 0.25) is 0 Å². The lowest BCUT2D eigenvalue weighted by Gasteiger charge is -2.21. The molecule has 1 aromatic carbocycles. The van der Waals surface area contributed by atoms with Crippen LogP contribution in [0.3, 0.4) is 0 Å². The van der Waals surface area contributed by atoms with E-state index >= 15 is 0 Å². The third-order valence-corrected chi connectivity index (χ3v) is 7.04. The van der Waals surface area contributed by atoms with Gasteiger partial charge in [-0.3, -0.25) is 14.5 Å². The topological polar surface area (TPSA) is 123 Å². The number of amides is 2. The summed E-state index contributed by atoms with van der Waals surface area (Å²) in [6.45, 7) is 9.39. The third-order valence-electron chi connectivity index (χ3n) is 7.04. The number of hydrogen-bond acceptors (Lipinski definition) is 7. The van der Waals surface area contributed by atoms with E-state index in [4.69, 9.17) is 4.74 Å². The van der Waals surface area contributed by atoms with Gasteiger partial charge in [-0.05, 0) is 68.7 Å². The lowest BCUT2D eigenvalue weighted by atomic mass is 10.1. The summed E-state index contributed by atoms with van der Waals surface area (Å²) in [5.74, 6) is 2.03. The molecule has 38 heavy (non-hydrogen) atoms. The van der Waals surface area contributed by atoms with Crippen LogP contribution in [0.15, 0.2) is 60.0 Å². The second-order valence-corrected chi connectivity index (χ2v) is 10.9. The summed E-state index contributed by atoms with van der Waals surface area (Å²) in [4.78, 5) is 46.8. The Hall–Kier alpha value is -3.99. The predicted molar refractivity (Wildman–Crippen MR) is 141 cm³/mol. The number of likely N-dealkylation sites (tertiary alicyclic amines) is 1. The Kier molecular flexibility index (Phi) is 7.02. The van der Waals surface area contributed by atoms with Gasteiger partial charge in [0.15, 0.2) is 0 Å². The lowest BCUT2D eigenvalue weighted by molar-refractivity contribution is 0.0522. The summed E-state index contributed by atoms with van der Waals surface area (Å²) in [6.07, 6.45) is 6.55. The number of rotatable bonds is 7. The maximum atomic E-state index is 12.5. The van der Waals surface area contributed by atoms with Crippen LogP contribution in [-0.2, 0) is 11.2 Å². The van der Waals surface area contributed by atoms with Gasteiger partial charge >= 0.3 is 17.8 Å². The van der Waals surface area contributed by atoms with Crippen molar-refractivity contribution < 1.29 is 14.3 Å². The van der Waals surface area contributed by atoms with Gasteiger partial charge in [0.05, 0.1) is 5.69 Å². The standard InChI is InChI=1S/C27H33N7O4/c1-27(2,3)38-26(37)29-14-20-21-15-32(16-22(20)21)11-8-18-4-6-19(7-5-18)34-12-9-23(31-25(34)36)30-24(35)33-13-10-28-17-33/h4-7,9-10,12-13,17,20-22H,8,11,14-16H2,1-3H3,(H,29,37)(H,30,31,35,36). The number of ether oxygens (including phenoxy) is 1. The number of carbonyl (C=O) groups is 2. The van der Waals surface area contributed by atoms with Crippen molar-refractivity contribution in [2.24, 2.45) is 17.8 Å². The second-order valence-electron chi connectivity index (χ2n) is 10.9. The first-order valence-corrected chi connectivity index (χ1v) is 12.8. The van der Waals surface area contributed by atoms with Gasteiger partial charge < -0.3 is 15.0 Å². The third kappa shape index (κ3) is 6.10. The van der Waals surface area contributed by atoms with Crippen molar-refractivity contribution in [3.8, 4) is 5.69 Å². The molecule has 1 aliphatic carbocycles. The van der Waals surface area contributed by atoms with Gasteiger partial charge in [0.2, 0.25) is 0 Å². The molecule has 2 aromatic heterocycles. The van der Waals surface area contributed by atoms with Crippen molar-refractivity contribution in [3.05, 3.63) is 71.3 Å². The van der Waals surface area contributed by atoms with E-state index in [2.05, 4.69) is 25.5 Å². The normalized spacial score (nSPS) is 20.6. The van der Waals surface area contributed by atoms with Crippen LogP contribution >= 0.6 is 0 Å². The fourth-order valence-corrected chi connectivity index (χ4v) is 5.07. The molecule has 1 saturated heterocycles. The van der Waals surface area contributed by atoms with E-state index in [0.717, 1.165) is 26.1 Å². The monoisotopic (exact) mass is 519 g/mol. The Morgan fingerprint density at radius 1 is 1.08 bits per heavy atom. The predicted octanol–water partition coefficient (Wildman–Crippen LogP) is 2.75. The van der Waals surface area contributed by atoms with Gasteiger partial charge in [0.25, 0.3) is 0 Å². The first kappa shape index (κ1) is 25.7. The minimum Gasteiger partial charge on any atom is -0.444 e. The average molecular weight is 520 g/mol. The zero-order chi connectivity index (χ0) is 26.9. The van der Waals surface area contributed by atoms with Gasteiger partial charge in [0.1, 0.15) is 17.7 Å². The zero-order valence-electron chi connectivity index (χ0n) is 21.8. The number of nitrogens with one attached hydrogen (secondary N) is 2. The first-order valence-electron chi connectivity index (χ1n) is 12.8. The summed E-state index contributed by atoms with van der Waals surface area (Å²) < 4.78 is 8.02. The van der Waals surface area contributed by atoms with Crippen LogP contribution in [-0.4, -0.2) is 67.9 Å². The summed E-state index contributed by atoms with van der Waals surface area (Å²) >= 11 is 0. The molecular weight excluding hydrogens is 486 g/mol. The van der Waals surface area contributed by atoms with E-state index in [0.29, 0.717) is 30.0 Å². The quantitative estimate of drug-likeness (QED) is 0.492. The van der Waals surface area contributed by atoms with Crippen LogP contribution in [0, 0.1) is 17.8 Å². The number of imidazole rings is 1. The largest absolute Gasteiger partial charge is 0.444 e. The molecule has 11 heteroatoms. The fraction of sp³-hybridized carbons (Fsp3) is 0.444. The minimum atomic E-state index is -0.479. The molecule has 2 unspecified atom stereocenters. The molecule has 0 spiro atoms.